The number of aryl methyl sites for hydroxylation is 1. The van der Waals surface area contributed by atoms with E-state index in [-0.39, 0.29) is 5.41 Å². The molecular weight excluding hydrogens is 446 g/mol. The Morgan fingerprint density at radius 3 is 2.37 bits per heavy atom. The molecule has 0 radical (unpaired) electrons. The van der Waals surface area contributed by atoms with Crippen LogP contribution in [0.25, 0.3) is 11.3 Å². The minimum Gasteiger partial charge on any atom is -0.490 e. The largest absolute Gasteiger partial charge is 0.490 e. The van der Waals surface area contributed by atoms with Crippen LogP contribution in [0.3, 0.4) is 0 Å². The molecule has 1 atom stereocenters. The molecule has 0 bridgehead atoms. The SMILES string of the molecule is COCCOc1ccc(-c2cnc(C)c([C@H](OC(C)(C)C)C(=O)O)c2N2CCC(C)(C)CC2)nc1. The van der Waals surface area contributed by atoms with Gasteiger partial charge in [-0.25, -0.2) is 4.79 Å². The van der Waals surface area contributed by atoms with Crippen molar-refractivity contribution in [3.05, 3.63) is 35.8 Å². The molecule has 0 unspecified atom stereocenters. The van der Waals surface area contributed by atoms with Crippen LogP contribution in [0.15, 0.2) is 24.5 Å². The summed E-state index contributed by atoms with van der Waals surface area (Å²) in [7, 11) is 1.63. The molecule has 35 heavy (non-hydrogen) atoms. The normalized spacial score (nSPS) is 16.7. The van der Waals surface area contributed by atoms with Crippen LogP contribution in [0.5, 0.6) is 5.75 Å². The monoisotopic (exact) mass is 485 g/mol. The fourth-order valence-electron chi connectivity index (χ4n) is 4.24. The fourth-order valence-corrected chi connectivity index (χ4v) is 4.24. The van der Waals surface area contributed by atoms with Gasteiger partial charge in [0.2, 0.25) is 0 Å². The van der Waals surface area contributed by atoms with E-state index in [1.54, 1.807) is 19.5 Å². The third-order valence-corrected chi connectivity index (χ3v) is 6.25. The summed E-state index contributed by atoms with van der Waals surface area (Å²) in [6, 6.07) is 3.75. The van der Waals surface area contributed by atoms with E-state index in [1.807, 2.05) is 39.8 Å². The number of rotatable bonds is 9. The summed E-state index contributed by atoms with van der Waals surface area (Å²) in [5.74, 6) is -0.387. The molecule has 2 aromatic heterocycles. The Morgan fingerprint density at radius 1 is 1.14 bits per heavy atom. The molecule has 3 rings (SSSR count). The zero-order valence-corrected chi connectivity index (χ0v) is 22.1. The van der Waals surface area contributed by atoms with Gasteiger partial charge in [-0.05, 0) is 58.1 Å². The second kappa shape index (κ2) is 10.9. The zero-order valence-electron chi connectivity index (χ0n) is 22.1. The molecule has 2 aromatic rings. The van der Waals surface area contributed by atoms with Gasteiger partial charge in [0.25, 0.3) is 0 Å². The number of aliphatic carboxylic acids is 1. The number of hydrogen-bond acceptors (Lipinski definition) is 7. The summed E-state index contributed by atoms with van der Waals surface area (Å²) in [5, 5.41) is 10.2. The molecule has 1 saturated heterocycles. The maximum absolute atomic E-state index is 12.5. The lowest BCUT2D eigenvalue weighted by molar-refractivity contribution is -0.160. The molecule has 0 spiro atoms. The number of pyridine rings is 2. The first-order valence-electron chi connectivity index (χ1n) is 12.1. The molecule has 1 aliphatic rings. The van der Waals surface area contributed by atoms with Crippen molar-refractivity contribution in [1.29, 1.82) is 0 Å². The number of carboxylic acid groups (broad SMARTS) is 1. The maximum atomic E-state index is 12.5. The average molecular weight is 486 g/mol. The van der Waals surface area contributed by atoms with Crippen LogP contribution < -0.4 is 9.64 Å². The summed E-state index contributed by atoms with van der Waals surface area (Å²) < 4.78 is 16.8. The summed E-state index contributed by atoms with van der Waals surface area (Å²) in [6.45, 7) is 14.5. The number of hydrogen-bond donors (Lipinski definition) is 1. The highest BCUT2D eigenvalue weighted by Gasteiger charge is 2.35. The van der Waals surface area contributed by atoms with Crippen molar-refractivity contribution >= 4 is 11.7 Å². The topological polar surface area (TPSA) is 94.0 Å². The second-order valence-electron chi connectivity index (χ2n) is 10.8. The first-order chi connectivity index (χ1) is 16.4. The van der Waals surface area contributed by atoms with Gasteiger partial charge >= 0.3 is 5.97 Å². The highest BCUT2D eigenvalue weighted by molar-refractivity contribution is 5.85. The van der Waals surface area contributed by atoms with Crippen molar-refractivity contribution in [2.45, 2.75) is 66.1 Å². The van der Waals surface area contributed by atoms with E-state index in [1.165, 1.54) is 0 Å². The number of ether oxygens (including phenoxy) is 3. The number of anilines is 1. The molecule has 192 valence electrons. The molecule has 8 nitrogen and oxygen atoms in total. The standard InChI is InChI=1S/C27H39N3O5/c1-18-22(24(25(31)32)35-26(2,3)4)23(30-12-10-27(5,6)11-13-30)20(17-28-18)21-9-8-19(16-29-21)34-15-14-33-7/h8-9,16-17,24H,10-15H2,1-7H3,(H,31,32)/t24-/m0/s1. The molecule has 1 N–H and O–H groups in total. The molecule has 8 heteroatoms. The third kappa shape index (κ3) is 6.92. The maximum Gasteiger partial charge on any atom is 0.337 e. The molecule has 0 saturated carbocycles. The van der Waals surface area contributed by atoms with E-state index in [9.17, 15) is 9.90 Å². The summed E-state index contributed by atoms with van der Waals surface area (Å²) in [5.41, 5.74) is 3.16. The van der Waals surface area contributed by atoms with E-state index in [4.69, 9.17) is 14.2 Å². The van der Waals surface area contributed by atoms with Gasteiger partial charge < -0.3 is 24.2 Å². The van der Waals surface area contributed by atoms with E-state index in [2.05, 4.69) is 28.7 Å². The number of carboxylic acids is 1. The summed E-state index contributed by atoms with van der Waals surface area (Å²) in [6.07, 6.45) is 4.32. The minimum atomic E-state index is -1.15. The first kappa shape index (κ1) is 26.9. The van der Waals surface area contributed by atoms with E-state index in [0.29, 0.717) is 35.9 Å². The zero-order chi connectivity index (χ0) is 25.8. The summed E-state index contributed by atoms with van der Waals surface area (Å²) in [4.78, 5) is 24.0. The molecule has 1 aliphatic heterocycles. The minimum absolute atomic E-state index is 0.243. The van der Waals surface area contributed by atoms with Crippen molar-refractivity contribution in [2.24, 2.45) is 5.41 Å². The quantitative estimate of drug-likeness (QED) is 0.494. The molecule has 0 aliphatic carbocycles. The second-order valence-corrected chi connectivity index (χ2v) is 10.8. The van der Waals surface area contributed by atoms with Crippen molar-refractivity contribution < 1.29 is 24.1 Å². The van der Waals surface area contributed by atoms with Crippen molar-refractivity contribution in [3.63, 3.8) is 0 Å². The molecular formula is C27H39N3O5. The Hall–Kier alpha value is -2.71. The van der Waals surface area contributed by atoms with E-state index in [0.717, 1.165) is 37.2 Å². The molecule has 1 fully saturated rings. The van der Waals surface area contributed by atoms with Gasteiger partial charge in [0.1, 0.15) is 12.4 Å². The number of aromatic nitrogens is 2. The van der Waals surface area contributed by atoms with Crippen LogP contribution in [-0.4, -0.2) is 60.1 Å². The number of nitrogens with zero attached hydrogens (tertiary/aromatic N) is 3. The average Bonchev–Trinajstić information content (AvgIpc) is 2.78. The number of methoxy groups -OCH3 is 1. The lowest BCUT2D eigenvalue weighted by atomic mass is 9.82. The van der Waals surface area contributed by atoms with Crippen LogP contribution in [-0.2, 0) is 14.3 Å². The number of piperidine rings is 1. The first-order valence-corrected chi connectivity index (χ1v) is 12.1. The number of carbonyl (C=O) groups is 1. The Bertz CT molecular complexity index is 1000. The van der Waals surface area contributed by atoms with Gasteiger partial charge in [0.05, 0.1) is 29.8 Å². The Labute approximate surface area is 208 Å². The molecule has 3 heterocycles. The van der Waals surface area contributed by atoms with Crippen molar-refractivity contribution in [2.75, 3.05) is 38.3 Å². The van der Waals surface area contributed by atoms with E-state index < -0.39 is 17.7 Å². The lowest BCUT2D eigenvalue weighted by Crippen LogP contribution is -2.39. The van der Waals surface area contributed by atoms with Crippen molar-refractivity contribution in [1.82, 2.24) is 9.97 Å². The van der Waals surface area contributed by atoms with E-state index >= 15 is 0 Å². The smallest absolute Gasteiger partial charge is 0.337 e. The van der Waals surface area contributed by atoms with Crippen LogP contribution in [0.2, 0.25) is 0 Å². The molecule has 0 aromatic carbocycles. The Morgan fingerprint density at radius 2 is 1.83 bits per heavy atom. The fraction of sp³-hybridized carbons (Fsp3) is 0.593. The van der Waals surface area contributed by atoms with Gasteiger partial charge in [0.15, 0.2) is 6.10 Å². The highest BCUT2D eigenvalue weighted by atomic mass is 16.5. The van der Waals surface area contributed by atoms with Gasteiger partial charge in [-0.3, -0.25) is 9.97 Å². The van der Waals surface area contributed by atoms with Crippen LogP contribution in [0, 0.1) is 12.3 Å². The summed E-state index contributed by atoms with van der Waals surface area (Å²) >= 11 is 0. The lowest BCUT2D eigenvalue weighted by Gasteiger charge is -2.40. The van der Waals surface area contributed by atoms with Gasteiger partial charge in [-0.15, -0.1) is 0 Å². The van der Waals surface area contributed by atoms with Crippen LogP contribution in [0.1, 0.15) is 64.8 Å². The predicted octanol–water partition coefficient (Wildman–Crippen LogP) is 5.04. The van der Waals surface area contributed by atoms with Gasteiger partial charge in [-0.1, -0.05) is 13.8 Å². The van der Waals surface area contributed by atoms with Gasteiger partial charge in [-0.2, -0.15) is 0 Å². The van der Waals surface area contributed by atoms with Crippen LogP contribution in [0.4, 0.5) is 5.69 Å². The van der Waals surface area contributed by atoms with Gasteiger partial charge in [0, 0.05) is 43.2 Å². The molecule has 0 amide bonds. The highest BCUT2D eigenvalue weighted by Crippen LogP contribution is 2.43. The Kier molecular flexibility index (Phi) is 8.38. The Balaban J connectivity index is 2.12. The third-order valence-electron chi connectivity index (χ3n) is 6.25. The van der Waals surface area contributed by atoms with Crippen LogP contribution >= 0.6 is 0 Å². The predicted molar refractivity (Wildman–Crippen MR) is 136 cm³/mol. The van der Waals surface area contributed by atoms with Crippen molar-refractivity contribution in [3.8, 4) is 17.0 Å².